The standard InChI is InChI=1S/C8H13NO3/c1-6(10)9(2)8(3-4-8)5-7(11)12/h3-5H2,1-2H3,(H,11,12). The topological polar surface area (TPSA) is 57.6 Å². The van der Waals surface area contributed by atoms with Gasteiger partial charge < -0.3 is 10.0 Å². The molecule has 1 fully saturated rings. The minimum absolute atomic E-state index is 0.0613. The summed E-state index contributed by atoms with van der Waals surface area (Å²) in [6.07, 6.45) is 1.70. The molecule has 0 atom stereocenters. The van der Waals surface area contributed by atoms with Gasteiger partial charge in [0.2, 0.25) is 5.91 Å². The Morgan fingerprint density at radius 1 is 1.50 bits per heavy atom. The van der Waals surface area contributed by atoms with Gasteiger partial charge in [-0.15, -0.1) is 0 Å². The number of amides is 1. The molecule has 0 bridgehead atoms. The van der Waals surface area contributed by atoms with Gasteiger partial charge in [0.15, 0.2) is 0 Å². The summed E-state index contributed by atoms with van der Waals surface area (Å²) in [6.45, 7) is 1.46. The fourth-order valence-corrected chi connectivity index (χ4v) is 1.39. The molecule has 0 heterocycles. The third kappa shape index (κ3) is 1.57. The van der Waals surface area contributed by atoms with Crippen LogP contribution in [-0.2, 0) is 9.59 Å². The van der Waals surface area contributed by atoms with E-state index in [0.29, 0.717) is 0 Å². The molecular weight excluding hydrogens is 158 g/mol. The molecule has 68 valence electrons. The maximum atomic E-state index is 10.9. The van der Waals surface area contributed by atoms with Crippen molar-refractivity contribution in [2.24, 2.45) is 0 Å². The van der Waals surface area contributed by atoms with Gasteiger partial charge in [-0.05, 0) is 12.8 Å². The van der Waals surface area contributed by atoms with E-state index in [1.807, 2.05) is 0 Å². The molecular formula is C8H13NO3. The molecule has 1 N–H and O–H groups in total. The maximum Gasteiger partial charge on any atom is 0.305 e. The van der Waals surface area contributed by atoms with Crippen molar-refractivity contribution in [3.8, 4) is 0 Å². The summed E-state index contributed by atoms with van der Waals surface area (Å²) in [5.41, 5.74) is -0.363. The van der Waals surface area contributed by atoms with E-state index in [1.165, 1.54) is 6.92 Å². The Labute approximate surface area is 71.2 Å². The second-order valence-electron chi connectivity index (χ2n) is 3.37. The van der Waals surface area contributed by atoms with Gasteiger partial charge in [-0.25, -0.2) is 0 Å². The monoisotopic (exact) mass is 171 g/mol. The summed E-state index contributed by atoms with van der Waals surface area (Å²) in [4.78, 5) is 22.9. The highest BCUT2D eigenvalue weighted by Gasteiger charge is 2.49. The molecule has 4 heteroatoms. The van der Waals surface area contributed by atoms with Crippen LogP contribution in [0.2, 0.25) is 0 Å². The average Bonchev–Trinajstić information content (AvgIpc) is 2.66. The third-order valence-electron chi connectivity index (χ3n) is 2.49. The Morgan fingerprint density at radius 3 is 2.25 bits per heavy atom. The van der Waals surface area contributed by atoms with Gasteiger partial charge in [0, 0.05) is 14.0 Å². The molecule has 0 radical (unpaired) electrons. The zero-order valence-electron chi connectivity index (χ0n) is 7.33. The lowest BCUT2D eigenvalue weighted by Gasteiger charge is -2.25. The van der Waals surface area contributed by atoms with Gasteiger partial charge in [0.25, 0.3) is 0 Å². The Bertz CT molecular complexity index is 220. The van der Waals surface area contributed by atoms with Gasteiger partial charge >= 0.3 is 5.97 Å². The van der Waals surface area contributed by atoms with Gasteiger partial charge in [0.1, 0.15) is 0 Å². The number of carbonyl (C=O) groups excluding carboxylic acids is 1. The van der Waals surface area contributed by atoms with E-state index in [9.17, 15) is 9.59 Å². The van der Waals surface area contributed by atoms with Crippen molar-refractivity contribution in [1.29, 1.82) is 0 Å². The zero-order chi connectivity index (χ0) is 9.35. The second kappa shape index (κ2) is 2.77. The van der Waals surface area contributed by atoms with Crippen LogP contribution in [0.15, 0.2) is 0 Å². The number of hydrogen-bond donors (Lipinski definition) is 1. The third-order valence-corrected chi connectivity index (χ3v) is 2.49. The minimum Gasteiger partial charge on any atom is -0.481 e. The van der Waals surface area contributed by atoms with Crippen molar-refractivity contribution >= 4 is 11.9 Å². The number of carboxylic acids is 1. The van der Waals surface area contributed by atoms with Crippen molar-refractivity contribution in [1.82, 2.24) is 4.90 Å². The predicted molar refractivity (Wildman–Crippen MR) is 42.7 cm³/mol. The summed E-state index contributed by atoms with van der Waals surface area (Å²) in [5, 5.41) is 8.58. The normalized spacial score (nSPS) is 18.5. The van der Waals surface area contributed by atoms with E-state index in [0.717, 1.165) is 12.8 Å². The zero-order valence-corrected chi connectivity index (χ0v) is 7.33. The number of hydrogen-bond acceptors (Lipinski definition) is 2. The summed E-state index contributed by atoms with van der Waals surface area (Å²) in [6, 6.07) is 0. The molecule has 0 aromatic carbocycles. The first kappa shape index (κ1) is 9.03. The molecule has 1 amide bonds. The van der Waals surface area contributed by atoms with Gasteiger partial charge in [-0.1, -0.05) is 0 Å². The second-order valence-corrected chi connectivity index (χ2v) is 3.37. The van der Waals surface area contributed by atoms with E-state index in [1.54, 1.807) is 11.9 Å². The Balaban J connectivity index is 2.60. The van der Waals surface area contributed by atoms with Crippen LogP contribution in [0.4, 0.5) is 0 Å². The molecule has 0 aromatic heterocycles. The lowest BCUT2D eigenvalue weighted by Crippen LogP contribution is -2.39. The molecule has 1 rings (SSSR count). The largest absolute Gasteiger partial charge is 0.481 e. The van der Waals surface area contributed by atoms with E-state index in [-0.39, 0.29) is 17.9 Å². The van der Waals surface area contributed by atoms with Crippen LogP contribution in [0.3, 0.4) is 0 Å². The number of carbonyl (C=O) groups is 2. The molecule has 0 aromatic rings. The van der Waals surface area contributed by atoms with E-state index < -0.39 is 5.97 Å². The van der Waals surface area contributed by atoms with Crippen LogP contribution in [0.5, 0.6) is 0 Å². The van der Waals surface area contributed by atoms with Crippen molar-refractivity contribution in [3.05, 3.63) is 0 Å². The number of aliphatic carboxylic acids is 1. The van der Waals surface area contributed by atoms with Gasteiger partial charge in [-0.2, -0.15) is 0 Å². The molecule has 12 heavy (non-hydrogen) atoms. The number of rotatable bonds is 3. The van der Waals surface area contributed by atoms with E-state index in [4.69, 9.17) is 5.11 Å². The fourth-order valence-electron chi connectivity index (χ4n) is 1.39. The molecule has 1 saturated carbocycles. The SMILES string of the molecule is CC(=O)N(C)C1(CC(=O)O)CC1. The molecule has 1 aliphatic rings. The van der Waals surface area contributed by atoms with Crippen LogP contribution in [-0.4, -0.2) is 34.5 Å². The molecule has 0 saturated heterocycles. The smallest absolute Gasteiger partial charge is 0.305 e. The molecule has 0 spiro atoms. The summed E-state index contributed by atoms with van der Waals surface area (Å²) in [5.74, 6) is -0.894. The Hall–Kier alpha value is -1.06. The van der Waals surface area contributed by atoms with E-state index in [2.05, 4.69) is 0 Å². The molecule has 0 aliphatic heterocycles. The van der Waals surface area contributed by atoms with Crippen LogP contribution >= 0.6 is 0 Å². The Kier molecular flexibility index (Phi) is 2.08. The van der Waals surface area contributed by atoms with Crippen molar-refractivity contribution in [2.75, 3.05) is 7.05 Å². The van der Waals surface area contributed by atoms with Gasteiger partial charge in [0.05, 0.1) is 12.0 Å². The van der Waals surface area contributed by atoms with Crippen LogP contribution in [0.1, 0.15) is 26.2 Å². The summed E-state index contributed by atoms with van der Waals surface area (Å²) < 4.78 is 0. The maximum absolute atomic E-state index is 10.9. The minimum atomic E-state index is -0.833. The van der Waals surface area contributed by atoms with Crippen molar-refractivity contribution in [2.45, 2.75) is 31.7 Å². The lowest BCUT2D eigenvalue weighted by atomic mass is 10.1. The first-order chi connectivity index (χ1) is 5.48. The van der Waals surface area contributed by atoms with Gasteiger partial charge in [-0.3, -0.25) is 9.59 Å². The van der Waals surface area contributed by atoms with Crippen molar-refractivity contribution in [3.63, 3.8) is 0 Å². The average molecular weight is 171 g/mol. The summed E-state index contributed by atoms with van der Waals surface area (Å²) in [7, 11) is 1.66. The van der Waals surface area contributed by atoms with Crippen LogP contribution in [0.25, 0.3) is 0 Å². The highest BCUT2D eigenvalue weighted by molar-refractivity contribution is 5.76. The predicted octanol–water partition coefficient (Wildman–Crippen LogP) is 0.472. The highest BCUT2D eigenvalue weighted by atomic mass is 16.4. The first-order valence-corrected chi connectivity index (χ1v) is 3.94. The molecule has 4 nitrogen and oxygen atoms in total. The lowest BCUT2D eigenvalue weighted by molar-refractivity contribution is -0.140. The summed E-state index contributed by atoms with van der Waals surface area (Å²) >= 11 is 0. The van der Waals surface area contributed by atoms with Crippen LogP contribution in [0, 0.1) is 0 Å². The molecule has 0 unspecified atom stereocenters. The molecule has 1 aliphatic carbocycles. The van der Waals surface area contributed by atoms with Crippen molar-refractivity contribution < 1.29 is 14.7 Å². The van der Waals surface area contributed by atoms with Crippen LogP contribution < -0.4 is 0 Å². The highest BCUT2D eigenvalue weighted by Crippen LogP contribution is 2.43. The van der Waals surface area contributed by atoms with E-state index >= 15 is 0 Å². The number of nitrogens with zero attached hydrogens (tertiary/aromatic N) is 1. The quantitative estimate of drug-likeness (QED) is 0.671. The fraction of sp³-hybridized carbons (Fsp3) is 0.750. The Morgan fingerprint density at radius 2 is 2.00 bits per heavy atom. The number of carboxylic acid groups (broad SMARTS) is 1. The first-order valence-electron chi connectivity index (χ1n) is 3.94.